The van der Waals surface area contributed by atoms with Gasteiger partial charge in [-0.2, -0.15) is 0 Å². The fourth-order valence-corrected chi connectivity index (χ4v) is 3.61. The minimum absolute atomic E-state index is 0.192. The van der Waals surface area contributed by atoms with Crippen LogP contribution in [-0.4, -0.2) is 17.7 Å². The van der Waals surface area contributed by atoms with Gasteiger partial charge in [0.15, 0.2) is 0 Å². The minimum atomic E-state index is -0.413. The Hall–Kier alpha value is -3.05. The molecule has 29 heavy (non-hydrogen) atoms. The molecule has 0 aromatic heterocycles. The number of anilines is 1. The van der Waals surface area contributed by atoms with Crippen molar-refractivity contribution in [1.82, 2.24) is 0 Å². The Morgan fingerprint density at radius 3 is 2.34 bits per heavy atom. The summed E-state index contributed by atoms with van der Waals surface area (Å²) >= 11 is 5.93. The van der Waals surface area contributed by atoms with E-state index in [-0.39, 0.29) is 17.8 Å². The van der Waals surface area contributed by atoms with Gasteiger partial charge in [-0.25, -0.2) is 8.78 Å². The number of hydrogen-bond acceptors (Lipinski definition) is 2. The van der Waals surface area contributed by atoms with E-state index in [9.17, 15) is 13.6 Å². The van der Waals surface area contributed by atoms with Crippen molar-refractivity contribution in [2.24, 2.45) is 4.99 Å². The summed E-state index contributed by atoms with van der Waals surface area (Å²) in [4.78, 5) is 19.4. The van der Waals surface area contributed by atoms with E-state index in [1.807, 2.05) is 6.92 Å². The quantitative estimate of drug-likeness (QED) is 0.496. The summed E-state index contributed by atoms with van der Waals surface area (Å²) in [5.41, 5.74) is 2.86. The largest absolute Gasteiger partial charge is 0.305 e. The number of carbonyl (C=O) groups is 1. The zero-order valence-electron chi connectivity index (χ0n) is 15.6. The van der Waals surface area contributed by atoms with Gasteiger partial charge in [0, 0.05) is 28.6 Å². The third-order valence-electron chi connectivity index (χ3n) is 4.86. The molecular weight excluding hydrogens is 394 g/mol. The van der Waals surface area contributed by atoms with Crippen LogP contribution in [0.15, 0.2) is 71.7 Å². The van der Waals surface area contributed by atoms with Crippen molar-refractivity contribution in [3.05, 3.63) is 94.5 Å². The number of carbonyl (C=O) groups excluding carboxylic acids is 1. The van der Waals surface area contributed by atoms with Crippen molar-refractivity contribution < 1.29 is 13.6 Å². The van der Waals surface area contributed by atoms with E-state index in [4.69, 9.17) is 11.6 Å². The van der Waals surface area contributed by atoms with Crippen LogP contribution in [0.5, 0.6) is 0 Å². The van der Waals surface area contributed by atoms with Gasteiger partial charge in [0.1, 0.15) is 11.6 Å². The van der Waals surface area contributed by atoms with E-state index in [0.29, 0.717) is 39.7 Å². The molecule has 6 heteroatoms. The summed E-state index contributed by atoms with van der Waals surface area (Å²) in [7, 11) is 0. The van der Waals surface area contributed by atoms with Crippen LogP contribution in [0, 0.1) is 11.6 Å². The van der Waals surface area contributed by atoms with Gasteiger partial charge in [0.2, 0.25) is 0 Å². The highest BCUT2D eigenvalue weighted by molar-refractivity contribution is 6.30. The molecule has 4 rings (SSSR count). The average molecular weight is 411 g/mol. The normalized spacial score (nSPS) is 17.3. The lowest BCUT2D eigenvalue weighted by atomic mass is 9.93. The third kappa shape index (κ3) is 3.91. The standard InChI is InChI=1S/C23H17ClF2N2O/c1-14-12-21(27-19-9-6-17(25)7-10-19)20-13-18(26)8-11-22(20)28(14)23(29)15-2-4-16(24)5-3-15/h2-11,13-14H,12H2,1H3. The lowest BCUT2D eigenvalue weighted by Gasteiger charge is -2.36. The Kier molecular flexibility index (Phi) is 5.16. The molecule has 0 radical (unpaired) electrons. The Morgan fingerprint density at radius 2 is 1.66 bits per heavy atom. The molecule has 3 aromatic carbocycles. The fourth-order valence-electron chi connectivity index (χ4n) is 3.49. The smallest absolute Gasteiger partial charge is 0.258 e. The fraction of sp³-hybridized carbons (Fsp3) is 0.130. The number of nitrogens with zero attached hydrogens (tertiary/aromatic N) is 2. The predicted molar refractivity (Wildman–Crippen MR) is 111 cm³/mol. The molecule has 1 atom stereocenters. The van der Waals surface area contributed by atoms with Gasteiger partial charge >= 0.3 is 0 Å². The van der Waals surface area contributed by atoms with Crippen molar-refractivity contribution in [3.8, 4) is 0 Å². The van der Waals surface area contributed by atoms with Crippen LogP contribution in [0.2, 0.25) is 5.02 Å². The predicted octanol–water partition coefficient (Wildman–Crippen LogP) is 6.18. The number of fused-ring (bicyclic) bond motifs is 1. The SMILES string of the molecule is CC1CC(=Nc2ccc(F)cc2)c2cc(F)ccc2N1C(=O)c1ccc(Cl)cc1. The molecule has 1 heterocycles. The van der Waals surface area contributed by atoms with Crippen LogP contribution >= 0.6 is 11.6 Å². The Labute approximate surface area is 172 Å². The number of benzene rings is 3. The second-order valence-electron chi connectivity index (χ2n) is 6.93. The molecule has 0 N–H and O–H groups in total. The molecule has 0 spiro atoms. The van der Waals surface area contributed by atoms with Gasteiger partial charge in [-0.3, -0.25) is 9.79 Å². The topological polar surface area (TPSA) is 32.7 Å². The maximum atomic E-state index is 14.0. The second-order valence-corrected chi connectivity index (χ2v) is 7.37. The highest BCUT2D eigenvalue weighted by atomic mass is 35.5. The van der Waals surface area contributed by atoms with Crippen LogP contribution in [0.25, 0.3) is 0 Å². The highest BCUT2D eigenvalue weighted by Gasteiger charge is 2.32. The van der Waals surface area contributed by atoms with Crippen molar-refractivity contribution in [2.75, 3.05) is 4.90 Å². The van der Waals surface area contributed by atoms with Crippen LogP contribution in [0.4, 0.5) is 20.2 Å². The molecule has 0 fully saturated rings. The number of amides is 1. The molecule has 146 valence electrons. The van der Waals surface area contributed by atoms with E-state index in [1.165, 1.54) is 24.3 Å². The Bertz CT molecular complexity index is 1090. The molecule has 3 aromatic rings. The van der Waals surface area contributed by atoms with Crippen molar-refractivity contribution in [1.29, 1.82) is 0 Å². The van der Waals surface area contributed by atoms with Gasteiger partial charge in [0.25, 0.3) is 5.91 Å². The van der Waals surface area contributed by atoms with Gasteiger partial charge in [-0.05, 0) is 73.7 Å². The molecule has 3 nitrogen and oxygen atoms in total. The van der Waals surface area contributed by atoms with Crippen LogP contribution in [-0.2, 0) is 0 Å². The first kappa shape index (κ1) is 19.3. The van der Waals surface area contributed by atoms with Crippen molar-refractivity contribution >= 4 is 34.6 Å². The summed E-state index contributed by atoms with van der Waals surface area (Å²) in [6.45, 7) is 1.92. The van der Waals surface area contributed by atoms with E-state index < -0.39 is 5.82 Å². The minimum Gasteiger partial charge on any atom is -0.305 e. The summed E-state index contributed by atoms with van der Waals surface area (Å²) < 4.78 is 27.2. The van der Waals surface area contributed by atoms with E-state index >= 15 is 0 Å². The molecule has 1 aliphatic rings. The summed E-state index contributed by atoms with van der Waals surface area (Å²) in [5.74, 6) is -0.955. The van der Waals surface area contributed by atoms with E-state index in [2.05, 4.69) is 4.99 Å². The molecular formula is C23H17ClF2N2O. The maximum absolute atomic E-state index is 14.0. The molecule has 1 amide bonds. The second kappa shape index (κ2) is 7.76. The summed E-state index contributed by atoms with van der Waals surface area (Å²) in [6, 6.07) is 16.6. The number of halogens is 3. The number of rotatable bonds is 2. The maximum Gasteiger partial charge on any atom is 0.258 e. The van der Waals surface area contributed by atoms with Gasteiger partial charge in [0.05, 0.1) is 17.1 Å². The number of aliphatic imine (C=N–C) groups is 1. The monoisotopic (exact) mass is 410 g/mol. The van der Waals surface area contributed by atoms with Gasteiger partial charge < -0.3 is 4.90 Å². The lowest BCUT2D eigenvalue weighted by Crippen LogP contribution is -2.44. The highest BCUT2D eigenvalue weighted by Crippen LogP contribution is 2.34. The van der Waals surface area contributed by atoms with Gasteiger partial charge in [-0.1, -0.05) is 11.6 Å². The molecule has 1 unspecified atom stereocenters. The molecule has 1 aliphatic heterocycles. The number of hydrogen-bond donors (Lipinski definition) is 0. The molecule has 0 bridgehead atoms. The van der Waals surface area contributed by atoms with E-state index in [0.717, 1.165) is 0 Å². The van der Waals surface area contributed by atoms with Crippen molar-refractivity contribution in [2.45, 2.75) is 19.4 Å². The molecule has 0 saturated heterocycles. The lowest BCUT2D eigenvalue weighted by molar-refractivity contribution is 0.0978. The average Bonchev–Trinajstić information content (AvgIpc) is 2.70. The summed E-state index contributed by atoms with van der Waals surface area (Å²) in [6.07, 6.45) is 0.438. The third-order valence-corrected chi connectivity index (χ3v) is 5.11. The Balaban J connectivity index is 1.78. The van der Waals surface area contributed by atoms with Gasteiger partial charge in [-0.15, -0.1) is 0 Å². The summed E-state index contributed by atoms with van der Waals surface area (Å²) in [5, 5.41) is 0.546. The zero-order chi connectivity index (χ0) is 20.5. The van der Waals surface area contributed by atoms with Crippen molar-refractivity contribution in [3.63, 3.8) is 0 Å². The van der Waals surface area contributed by atoms with Crippen LogP contribution < -0.4 is 4.90 Å². The first-order chi connectivity index (χ1) is 13.9. The first-order valence-corrected chi connectivity index (χ1v) is 9.52. The Morgan fingerprint density at radius 1 is 1.00 bits per heavy atom. The molecule has 0 aliphatic carbocycles. The first-order valence-electron chi connectivity index (χ1n) is 9.14. The van der Waals surface area contributed by atoms with Crippen LogP contribution in [0.3, 0.4) is 0 Å². The zero-order valence-corrected chi connectivity index (χ0v) is 16.3. The van der Waals surface area contributed by atoms with Crippen LogP contribution in [0.1, 0.15) is 29.3 Å². The van der Waals surface area contributed by atoms with E-state index in [1.54, 1.807) is 47.4 Å². The molecule has 0 saturated carbocycles.